The number of rotatable bonds is 5. The van der Waals surface area contributed by atoms with E-state index in [-0.39, 0.29) is 11.9 Å². The molecule has 0 radical (unpaired) electrons. The van der Waals surface area contributed by atoms with E-state index in [1.165, 1.54) is 12.8 Å². The van der Waals surface area contributed by atoms with Crippen LogP contribution in [0.4, 0.5) is 0 Å². The lowest BCUT2D eigenvalue weighted by molar-refractivity contribution is -0.145. The molecule has 0 amide bonds. The molecule has 1 atom stereocenters. The topological polar surface area (TPSA) is 26.3 Å². The Hall–Kier alpha value is -1.31. The average molecular weight is 218 g/mol. The van der Waals surface area contributed by atoms with Gasteiger partial charge < -0.3 is 4.74 Å². The minimum atomic E-state index is -0.0689. The van der Waals surface area contributed by atoms with E-state index in [2.05, 4.69) is 0 Å². The lowest BCUT2D eigenvalue weighted by atomic mass is 9.93. The van der Waals surface area contributed by atoms with Crippen LogP contribution in [0.2, 0.25) is 0 Å². The van der Waals surface area contributed by atoms with Crippen LogP contribution in [0.3, 0.4) is 0 Å². The smallest absolute Gasteiger partial charge is 0.313 e. The number of hydrogen-bond acceptors (Lipinski definition) is 2. The summed E-state index contributed by atoms with van der Waals surface area (Å²) in [6.45, 7) is 2.32. The van der Waals surface area contributed by atoms with Crippen molar-refractivity contribution in [2.24, 2.45) is 5.92 Å². The predicted octanol–water partition coefficient (Wildman–Crippen LogP) is 3.13. The van der Waals surface area contributed by atoms with Crippen molar-refractivity contribution in [1.82, 2.24) is 0 Å². The Bertz CT molecular complexity index is 341. The SMILES string of the molecule is CCOC(=O)C(CC1CC1)c1ccccc1. The largest absolute Gasteiger partial charge is 0.466 e. The molecule has 1 saturated carbocycles. The molecular formula is C14H18O2. The van der Waals surface area contributed by atoms with Crippen molar-refractivity contribution in [3.63, 3.8) is 0 Å². The number of carbonyl (C=O) groups excluding carboxylic acids is 1. The molecule has 1 aliphatic rings. The van der Waals surface area contributed by atoms with E-state index in [9.17, 15) is 4.79 Å². The monoisotopic (exact) mass is 218 g/mol. The molecule has 0 heterocycles. The highest BCUT2D eigenvalue weighted by Gasteiger charge is 2.30. The molecule has 1 aliphatic carbocycles. The minimum Gasteiger partial charge on any atom is -0.466 e. The van der Waals surface area contributed by atoms with Crippen molar-refractivity contribution in [3.8, 4) is 0 Å². The van der Waals surface area contributed by atoms with Gasteiger partial charge in [-0.3, -0.25) is 4.79 Å². The van der Waals surface area contributed by atoms with Crippen LogP contribution >= 0.6 is 0 Å². The van der Waals surface area contributed by atoms with Crippen LogP contribution in [0.1, 0.15) is 37.7 Å². The summed E-state index contributed by atoms with van der Waals surface area (Å²) in [5, 5.41) is 0. The Balaban J connectivity index is 2.09. The normalized spacial score (nSPS) is 16.8. The minimum absolute atomic E-state index is 0.0614. The number of hydrogen-bond donors (Lipinski definition) is 0. The Morgan fingerprint density at radius 1 is 1.38 bits per heavy atom. The van der Waals surface area contributed by atoms with Crippen molar-refractivity contribution in [3.05, 3.63) is 35.9 Å². The number of esters is 1. The van der Waals surface area contributed by atoms with Gasteiger partial charge in [0.2, 0.25) is 0 Å². The maximum absolute atomic E-state index is 11.9. The molecule has 2 nitrogen and oxygen atoms in total. The summed E-state index contributed by atoms with van der Waals surface area (Å²) in [6, 6.07) is 9.97. The molecule has 0 spiro atoms. The first kappa shape index (κ1) is 11.2. The third kappa shape index (κ3) is 2.84. The lowest BCUT2D eigenvalue weighted by Crippen LogP contribution is -2.16. The van der Waals surface area contributed by atoms with E-state index >= 15 is 0 Å². The van der Waals surface area contributed by atoms with Crippen molar-refractivity contribution < 1.29 is 9.53 Å². The van der Waals surface area contributed by atoms with Gasteiger partial charge in [0.15, 0.2) is 0 Å². The summed E-state index contributed by atoms with van der Waals surface area (Å²) in [4.78, 5) is 11.9. The van der Waals surface area contributed by atoms with Crippen LogP contribution in [0.5, 0.6) is 0 Å². The molecule has 1 aromatic rings. The van der Waals surface area contributed by atoms with Crippen LogP contribution in [-0.2, 0) is 9.53 Å². The molecular weight excluding hydrogens is 200 g/mol. The summed E-state index contributed by atoms with van der Waals surface area (Å²) in [5.41, 5.74) is 1.09. The highest BCUT2D eigenvalue weighted by Crippen LogP contribution is 2.39. The van der Waals surface area contributed by atoms with E-state index < -0.39 is 0 Å². The fraction of sp³-hybridized carbons (Fsp3) is 0.500. The molecule has 2 heteroatoms. The Morgan fingerprint density at radius 2 is 2.06 bits per heavy atom. The molecule has 2 rings (SSSR count). The van der Waals surface area contributed by atoms with Crippen LogP contribution in [0, 0.1) is 5.92 Å². The zero-order chi connectivity index (χ0) is 11.4. The van der Waals surface area contributed by atoms with E-state index in [1.807, 2.05) is 37.3 Å². The van der Waals surface area contributed by atoms with Gasteiger partial charge in [-0.25, -0.2) is 0 Å². The summed E-state index contributed by atoms with van der Waals surface area (Å²) >= 11 is 0. The van der Waals surface area contributed by atoms with Crippen LogP contribution in [0.15, 0.2) is 30.3 Å². The average Bonchev–Trinajstić information content (AvgIpc) is 3.11. The predicted molar refractivity (Wildman–Crippen MR) is 63.2 cm³/mol. The lowest BCUT2D eigenvalue weighted by Gasteiger charge is -2.15. The van der Waals surface area contributed by atoms with Crippen molar-refractivity contribution in [2.75, 3.05) is 6.61 Å². The first-order valence-corrected chi connectivity index (χ1v) is 6.03. The molecule has 0 aliphatic heterocycles. The van der Waals surface area contributed by atoms with E-state index in [4.69, 9.17) is 4.74 Å². The zero-order valence-corrected chi connectivity index (χ0v) is 9.69. The third-order valence-electron chi connectivity index (χ3n) is 3.04. The van der Waals surface area contributed by atoms with E-state index in [0.717, 1.165) is 17.9 Å². The first-order valence-electron chi connectivity index (χ1n) is 6.03. The fourth-order valence-corrected chi connectivity index (χ4v) is 1.98. The third-order valence-corrected chi connectivity index (χ3v) is 3.04. The van der Waals surface area contributed by atoms with Gasteiger partial charge in [-0.1, -0.05) is 43.2 Å². The maximum Gasteiger partial charge on any atom is 0.313 e. The van der Waals surface area contributed by atoms with Gasteiger partial charge in [-0.15, -0.1) is 0 Å². The summed E-state index contributed by atoms with van der Waals surface area (Å²) < 4.78 is 5.15. The fourth-order valence-electron chi connectivity index (χ4n) is 1.98. The summed E-state index contributed by atoms with van der Waals surface area (Å²) in [6.07, 6.45) is 3.48. The van der Waals surface area contributed by atoms with Gasteiger partial charge in [0.05, 0.1) is 12.5 Å². The van der Waals surface area contributed by atoms with Gasteiger partial charge in [0, 0.05) is 0 Å². The molecule has 0 saturated heterocycles. The Morgan fingerprint density at radius 3 is 2.62 bits per heavy atom. The van der Waals surface area contributed by atoms with Gasteiger partial charge >= 0.3 is 5.97 Å². The molecule has 1 aromatic carbocycles. The van der Waals surface area contributed by atoms with Gasteiger partial charge in [-0.05, 0) is 24.8 Å². The van der Waals surface area contributed by atoms with Gasteiger partial charge in [0.25, 0.3) is 0 Å². The molecule has 86 valence electrons. The van der Waals surface area contributed by atoms with Crippen molar-refractivity contribution in [1.29, 1.82) is 0 Å². The Labute approximate surface area is 96.6 Å². The molecule has 1 unspecified atom stereocenters. The highest BCUT2D eigenvalue weighted by molar-refractivity contribution is 5.78. The quantitative estimate of drug-likeness (QED) is 0.710. The first-order chi connectivity index (χ1) is 7.81. The molecule has 0 N–H and O–H groups in total. The van der Waals surface area contributed by atoms with Crippen molar-refractivity contribution >= 4 is 5.97 Å². The number of carbonyl (C=O) groups is 1. The van der Waals surface area contributed by atoms with Crippen LogP contribution < -0.4 is 0 Å². The molecule has 0 bridgehead atoms. The van der Waals surface area contributed by atoms with Crippen LogP contribution in [-0.4, -0.2) is 12.6 Å². The summed E-state index contributed by atoms with van der Waals surface area (Å²) in [7, 11) is 0. The summed E-state index contributed by atoms with van der Waals surface area (Å²) in [5.74, 6) is 0.601. The van der Waals surface area contributed by atoms with Gasteiger partial charge in [-0.2, -0.15) is 0 Å². The van der Waals surface area contributed by atoms with Crippen LogP contribution in [0.25, 0.3) is 0 Å². The Kier molecular flexibility index (Phi) is 3.60. The highest BCUT2D eigenvalue weighted by atomic mass is 16.5. The zero-order valence-electron chi connectivity index (χ0n) is 9.69. The molecule has 1 fully saturated rings. The van der Waals surface area contributed by atoms with Crippen molar-refractivity contribution in [2.45, 2.75) is 32.1 Å². The van der Waals surface area contributed by atoms with E-state index in [0.29, 0.717) is 6.61 Å². The maximum atomic E-state index is 11.9. The number of benzene rings is 1. The second kappa shape index (κ2) is 5.15. The second-order valence-corrected chi connectivity index (χ2v) is 4.39. The second-order valence-electron chi connectivity index (χ2n) is 4.39. The molecule has 16 heavy (non-hydrogen) atoms. The van der Waals surface area contributed by atoms with Gasteiger partial charge in [0.1, 0.15) is 0 Å². The number of ether oxygens (including phenoxy) is 1. The standard InChI is InChI=1S/C14H18O2/c1-2-16-14(15)13(10-11-8-9-11)12-6-4-3-5-7-12/h3-7,11,13H,2,8-10H2,1H3. The van der Waals surface area contributed by atoms with E-state index in [1.54, 1.807) is 0 Å². The molecule has 0 aromatic heterocycles.